The van der Waals surface area contributed by atoms with Gasteiger partial charge in [0.25, 0.3) is 0 Å². The Morgan fingerprint density at radius 1 is 1.48 bits per heavy atom. The van der Waals surface area contributed by atoms with E-state index in [9.17, 15) is 9.18 Å². The Bertz CT molecular complexity index is 671. The standard InChI is InChI=1S/C14H11Cl2FN2OS/c15-10-2-1-3-11(17)12(10)8-4-9(8)13(20)18-5-7-6-19-14(16)21-7/h1-3,6,8-9H,4-5H2,(H,18,20)/t8-,9+/m1/s1. The SMILES string of the molecule is O=C(NCc1cnc(Cl)s1)[C@H]1C[C@H]1c1c(F)cccc1Cl. The molecular weight excluding hydrogens is 334 g/mol. The molecule has 0 bridgehead atoms. The zero-order chi connectivity index (χ0) is 15.0. The number of thiazole rings is 1. The first kappa shape index (κ1) is 14.8. The molecule has 110 valence electrons. The van der Waals surface area contributed by atoms with Crippen LogP contribution in [0.3, 0.4) is 0 Å². The molecule has 2 aromatic rings. The third kappa shape index (κ3) is 3.20. The molecule has 1 aromatic heterocycles. The Kier molecular flexibility index (Phi) is 4.15. The van der Waals surface area contributed by atoms with Gasteiger partial charge in [0.05, 0.1) is 6.54 Å². The zero-order valence-corrected chi connectivity index (χ0v) is 13.1. The van der Waals surface area contributed by atoms with E-state index < -0.39 is 0 Å². The first-order chi connectivity index (χ1) is 10.1. The molecule has 1 aliphatic carbocycles. The van der Waals surface area contributed by atoms with Crippen LogP contribution in [0, 0.1) is 11.7 Å². The molecule has 0 spiro atoms. The summed E-state index contributed by atoms with van der Waals surface area (Å²) >= 11 is 13.1. The molecule has 0 aliphatic heterocycles. The van der Waals surface area contributed by atoms with Crippen LogP contribution in [0.4, 0.5) is 4.39 Å². The van der Waals surface area contributed by atoms with Gasteiger partial charge in [-0.1, -0.05) is 29.3 Å². The summed E-state index contributed by atoms with van der Waals surface area (Å²) < 4.78 is 14.2. The van der Waals surface area contributed by atoms with Gasteiger partial charge in [0.1, 0.15) is 5.82 Å². The van der Waals surface area contributed by atoms with Crippen molar-refractivity contribution < 1.29 is 9.18 Å². The summed E-state index contributed by atoms with van der Waals surface area (Å²) in [5.41, 5.74) is 0.445. The van der Waals surface area contributed by atoms with Crippen LogP contribution in [0.15, 0.2) is 24.4 Å². The quantitative estimate of drug-likeness (QED) is 0.910. The van der Waals surface area contributed by atoms with Gasteiger partial charge >= 0.3 is 0 Å². The molecule has 0 radical (unpaired) electrons. The number of benzene rings is 1. The van der Waals surface area contributed by atoms with Crippen molar-refractivity contribution in [3.63, 3.8) is 0 Å². The molecule has 1 N–H and O–H groups in total. The van der Waals surface area contributed by atoms with E-state index in [1.165, 1.54) is 17.4 Å². The van der Waals surface area contributed by atoms with Crippen molar-refractivity contribution in [2.24, 2.45) is 5.92 Å². The van der Waals surface area contributed by atoms with E-state index in [1.54, 1.807) is 18.3 Å². The van der Waals surface area contributed by atoms with Gasteiger partial charge in [-0.15, -0.1) is 11.3 Å². The van der Waals surface area contributed by atoms with Crippen LogP contribution in [0.5, 0.6) is 0 Å². The lowest BCUT2D eigenvalue weighted by molar-refractivity contribution is -0.122. The predicted octanol–water partition coefficient (Wildman–Crippen LogP) is 4.01. The highest BCUT2D eigenvalue weighted by Gasteiger charge is 2.46. The number of nitrogens with zero attached hydrogens (tertiary/aromatic N) is 1. The highest BCUT2D eigenvalue weighted by Crippen LogP contribution is 2.50. The van der Waals surface area contributed by atoms with Crippen molar-refractivity contribution in [3.05, 3.63) is 50.1 Å². The molecule has 1 heterocycles. The minimum absolute atomic E-state index is 0.0937. The van der Waals surface area contributed by atoms with Gasteiger partial charge in [0, 0.05) is 33.5 Å². The zero-order valence-electron chi connectivity index (χ0n) is 10.8. The molecule has 1 saturated carbocycles. The fourth-order valence-corrected chi connectivity index (χ4v) is 3.56. The molecule has 3 nitrogen and oxygen atoms in total. The summed E-state index contributed by atoms with van der Waals surface area (Å²) in [6.07, 6.45) is 2.25. The Morgan fingerprint density at radius 3 is 2.95 bits per heavy atom. The molecule has 7 heteroatoms. The first-order valence-corrected chi connectivity index (χ1v) is 7.95. The number of nitrogens with one attached hydrogen (secondary N) is 1. The topological polar surface area (TPSA) is 42.0 Å². The van der Waals surface area contributed by atoms with Gasteiger partial charge in [0.2, 0.25) is 5.91 Å². The van der Waals surface area contributed by atoms with Gasteiger partial charge < -0.3 is 5.32 Å². The third-order valence-electron chi connectivity index (χ3n) is 3.46. The number of rotatable bonds is 4. The largest absolute Gasteiger partial charge is 0.351 e. The molecular formula is C14H11Cl2FN2OS. The molecule has 1 fully saturated rings. The van der Waals surface area contributed by atoms with Crippen molar-refractivity contribution in [3.8, 4) is 0 Å². The summed E-state index contributed by atoms with van der Waals surface area (Å²) in [5.74, 6) is -0.799. The number of hydrogen-bond donors (Lipinski definition) is 1. The number of carbonyl (C=O) groups excluding carboxylic acids is 1. The van der Waals surface area contributed by atoms with Gasteiger partial charge in [0.15, 0.2) is 4.47 Å². The monoisotopic (exact) mass is 344 g/mol. The lowest BCUT2D eigenvalue weighted by Crippen LogP contribution is -2.24. The second-order valence-electron chi connectivity index (χ2n) is 4.88. The lowest BCUT2D eigenvalue weighted by atomic mass is 10.1. The van der Waals surface area contributed by atoms with Crippen LogP contribution in [0.25, 0.3) is 0 Å². The third-order valence-corrected chi connectivity index (χ3v) is 4.90. The van der Waals surface area contributed by atoms with Crippen molar-refractivity contribution in [1.29, 1.82) is 0 Å². The number of aromatic nitrogens is 1. The van der Waals surface area contributed by atoms with Crippen LogP contribution in [0.1, 0.15) is 22.8 Å². The van der Waals surface area contributed by atoms with Gasteiger partial charge in [-0.3, -0.25) is 4.79 Å². The maximum atomic E-state index is 13.8. The Balaban J connectivity index is 1.61. The van der Waals surface area contributed by atoms with Crippen molar-refractivity contribution in [2.45, 2.75) is 18.9 Å². The molecule has 3 rings (SSSR count). The van der Waals surface area contributed by atoms with E-state index in [1.807, 2.05) is 0 Å². The van der Waals surface area contributed by atoms with Crippen LogP contribution < -0.4 is 5.32 Å². The summed E-state index contributed by atoms with van der Waals surface area (Å²) in [5, 5.41) is 3.20. The van der Waals surface area contributed by atoms with Crippen molar-refractivity contribution in [1.82, 2.24) is 10.3 Å². The molecule has 21 heavy (non-hydrogen) atoms. The molecule has 1 amide bonds. The predicted molar refractivity (Wildman–Crippen MR) is 81.2 cm³/mol. The smallest absolute Gasteiger partial charge is 0.224 e. The molecule has 1 aliphatic rings. The minimum atomic E-state index is -0.350. The lowest BCUT2D eigenvalue weighted by Gasteiger charge is -2.06. The van der Waals surface area contributed by atoms with E-state index in [2.05, 4.69) is 10.3 Å². The van der Waals surface area contributed by atoms with Crippen LogP contribution in [0.2, 0.25) is 9.49 Å². The van der Waals surface area contributed by atoms with Crippen molar-refractivity contribution in [2.75, 3.05) is 0 Å². The average molecular weight is 345 g/mol. The average Bonchev–Trinajstić information content (AvgIpc) is 3.11. The Labute approximate surface area is 135 Å². The maximum absolute atomic E-state index is 13.8. The maximum Gasteiger partial charge on any atom is 0.224 e. The second-order valence-corrected chi connectivity index (χ2v) is 6.99. The number of carbonyl (C=O) groups is 1. The van der Waals surface area contributed by atoms with E-state index in [4.69, 9.17) is 23.2 Å². The van der Waals surface area contributed by atoms with Gasteiger partial charge in [-0.2, -0.15) is 0 Å². The molecule has 2 atom stereocenters. The summed E-state index contributed by atoms with van der Waals surface area (Å²) in [7, 11) is 0. The fourth-order valence-electron chi connectivity index (χ4n) is 2.34. The summed E-state index contributed by atoms with van der Waals surface area (Å²) in [6.45, 7) is 0.386. The Hall–Kier alpha value is -1.17. The summed E-state index contributed by atoms with van der Waals surface area (Å²) in [6, 6.07) is 4.58. The fraction of sp³-hybridized carbons (Fsp3) is 0.286. The number of hydrogen-bond acceptors (Lipinski definition) is 3. The highest BCUT2D eigenvalue weighted by molar-refractivity contribution is 7.15. The highest BCUT2D eigenvalue weighted by atomic mass is 35.5. The molecule has 0 unspecified atom stereocenters. The van der Waals surface area contributed by atoms with E-state index in [0.29, 0.717) is 28.0 Å². The first-order valence-electron chi connectivity index (χ1n) is 6.38. The van der Waals surface area contributed by atoms with E-state index in [0.717, 1.165) is 4.88 Å². The number of amides is 1. The minimum Gasteiger partial charge on any atom is -0.351 e. The number of halogens is 3. The van der Waals surface area contributed by atoms with E-state index in [-0.39, 0.29) is 23.6 Å². The van der Waals surface area contributed by atoms with E-state index >= 15 is 0 Å². The summed E-state index contributed by atoms with van der Waals surface area (Å²) in [4.78, 5) is 16.9. The second kappa shape index (κ2) is 5.91. The van der Waals surface area contributed by atoms with Crippen LogP contribution >= 0.6 is 34.5 Å². The molecule has 0 saturated heterocycles. The van der Waals surface area contributed by atoms with Crippen LogP contribution in [-0.2, 0) is 11.3 Å². The van der Waals surface area contributed by atoms with Crippen molar-refractivity contribution >= 4 is 40.4 Å². The van der Waals surface area contributed by atoms with Gasteiger partial charge in [-0.05, 0) is 18.6 Å². The van der Waals surface area contributed by atoms with Crippen LogP contribution in [-0.4, -0.2) is 10.9 Å². The Morgan fingerprint density at radius 2 is 2.29 bits per heavy atom. The van der Waals surface area contributed by atoms with Gasteiger partial charge in [-0.25, -0.2) is 9.37 Å². The molecule has 1 aromatic carbocycles. The normalized spacial score (nSPS) is 20.3.